The maximum absolute atomic E-state index is 12.2. The molecular weight excluding hydrogens is 353 g/mol. The normalized spacial score (nSPS) is 19.3. The molecule has 0 aliphatic carbocycles. The number of hydrogen-bond donors (Lipinski definition) is 0. The molecule has 1 unspecified atom stereocenters. The van der Waals surface area contributed by atoms with Crippen LogP contribution < -0.4 is 4.74 Å². The van der Waals surface area contributed by atoms with E-state index in [9.17, 15) is 4.79 Å². The summed E-state index contributed by atoms with van der Waals surface area (Å²) in [7, 11) is 0. The third kappa shape index (κ3) is 4.09. The van der Waals surface area contributed by atoms with Gasteiger partial charge in [0, 0.05) is 16.2 Å². The van der Waals surface area contributed by atoms with Crippen LogP contribution >= 0.6 is 22.6 Å². The van der Waals surface area contributed by atoms with Gasteiger partial charge in [0.25, 0.3) is 5.91 Å². The smallest absolute Gasteiger partial charge is 0.260 e. The lowest BCUT2D eigenvalue weighted by atomic mass is 10.00. The fraction of sp³-hybridized carbons (Fsp3) is 0.533. The average molecular weight is 373 g/mol. The van der Waals surface area contributed by atoms with Crippen LogP contribution in [-0.4, -0.2) is 30.0 Å². The van der Waals surface area contributed by atoms with E-state index in [2.05, 4.69) is 29.5 Å². The first-order valence-corrected chi connectivity index (χ1v) is 7.96. The second kappa shape index (κ2) is 7.12. The Kier molecular flexibility index (Phi) is 5.48. The Morgan fingerprint density at radius 3 is 2.79 bits per heavy atom. The number of hydrogen-bond acceptors (Lipinski definition) is 2. The predicted molar refractivity (Wildman–Crippen MR) is 84.3 cm³/mol. The van der Waals surface area contributed by atoms with Crippen molar-refractivity contribution in [3.8, 4) is 5.75 Å². The Labute approximate surface area is 128 Å². The molecule has 0 radical (unpaired) electrons. The van der Waals surface area contributed by atoms with Crippen LogP contribution in [0.25, 0.3) is 0 Å². The molecule has 1 saturated heterocycles. The van der Waals surface area contributed by atoms with E-state index in [-0.39, 0.29) is 12.5 Å². The van der Waals surface area contributed by atoms with Gasteiger partial charge in [-0.15, -0.1) is 0 Å². The van der Waals surface area contributed by atoms with Gasteiger partial charge in [-0.05, 0) is 72.5 Å². The maximum atomic E-state index is 12.2. The number of rotatable bonds is 4. The van der Waals surface area contributed by atoms with Crippen LogP contribution in [0.3, 0.4) is 0 Å². The average Bonchev–Trinajstić information content (AvgIpc) is 2.46. The van der Waals surface area contributed by atoms with E-state index in [1.807, 2.05) is 29.2 Å². The molecule has 19 heavy (non-hydrogen) atoms. The molecule has 0 aromatic heterocycles. The van der Waals surface area contributed by atoms with Crippen LogP contribution in [-0.2, 0) is 4.79 Å². The van der Waals surface area contributed by atoms with Crippen molar-refractivity contribution in [2.45, 2.75) is 38.6 Å². The number of amides is 1. The molecule has 4 heteroatoms. The molecule has 1 amide bonds. The van der Waals surface area contributed by atoms with Crippen molar-refractivity contribution in [1.29, 1.82) is 0 Å². The Morgan fingerprint density at radius 2 is 2.11 bits per heavy atom. The van der Waals surface area contributed by atoms with E-state index < -0.39 is 0 Å². The van der Waals surface area contributed by atoms with Crippen molar-refractivity contribution in [2.24, 2.45) is 0 Å². The van der Waals surface area contributed by atoms with Crippen LogP contribution in [0.5, 0.6) is 5.75 Å². The number of ether oxygens (including phenoxy) is 1. The summed E-state index contributed by atoms with van der Waals surface area (Å²) in [5.74, 6) is 0.879. The van der Waals surface area contributed by atoms with Crippen LogP contribution in [0, 0.1) is 3.57 Å². The summed E-state index contributed by atoms with van der Waals surface area (Å²) >= 11 is 2.25. The third-order valence-corrected chi connectivity index (χ3v) is 4.31. The Bertz CT molecular complexity index is 419. The zero-order chi connectivity index (χ0) is 13.7. The molecule has 1 atom stereocenters. The second-order valence-electron chi connectivity index (χ2n) is 4.89. The summed E-state index contributed by atoms with van der Waals surface area (Å²) in [6.07, 6.45) is 4.52. The van der Waals surface area contributed by atoms with Crippen molar-refractivity contribution in [3.63, 3.8) is 0 Å². The zero-order valence-corrected chi connectivity index (χ0v) is 13.4. The van der Waals surface area contributed by atoms with E-state index in [0.717, 1.165) is 31.6 Å². The molecule has 2 rings (SSSR count). The van der Waals surface area contributed by atoms with Crippen LogP contribution in [0.4, 0.5) is 0 Å². The molecule has 1 aromatic carbocycles. The van der Waals surface area contributed by atoms with Gasteiger partial charge in [0.15, 0.2) is 6.61 Å². The maximum Gasteiger partial charge on any atom is 0.260 e. The van der Waals surface area contributed by atoms with Gasteiger partial charge >= 0.3 is 0 Å². The van der Waals surface area contributed by atoms with E-state index in [4.69, 9.17) is 4.74 Å². The van der Waals surface area contributed by atoms with Gasteiger partial charge in [0.2, 0.25) is 0 Å². The van der Waals surface area contributed by atoms with E-state index in [0.29, 0.717) is 6.04 Å². The number of halogens is 1. The SMILES string of the molecule is CCC1CCCCN1C(=O)COc1ccc(I)cc1. The number of benzene rings is 1. The molecule has 1 aliphatic rings. The highest BCUT2D eigenvalue weighted by molar-refractivity contribution is 14.1. The van der Waals surface area contributed by atoms with Crippen LogP contribution in [0.2, 0.25) is 0 Å². The molecule has 0 bridgehead atoms. The molecule has 104 valence electrons. The molecule has 1 fully saturated rings. The Hall–Kier alpha value is -0.780. The van der Waals surface area contributed by atoms with Gasteiger partial charge < -0.3 is 9.64 Å². The molecule has 0 saturated carbocycles. The first-order valence-electron chi connectivity index (χ1n) is 6.88. The first-order chi connectivity index (χ1) is 9.20. The predicted octanol–water partition coefficient (Wildman–Crippen LogP) is 3.46. The summed E-state index contributed by atoms with van der Waals surface area (Å²) in [6.45, 7) is 3.18. The topological polar surface area (TPSA) is 29.5 Å². The van der Waals surface area contributed by atoms with Crippen molar-refractivity contribution in [3.05, 3.63) is 27.8 Å². The molecule has 0 spiro atoms. The number of carbonyl (C=O) groups excluding carboxylic acids is 1. The second-order valence-corrected chi connectivity index (χ2v) is 6.13. The Balaban J connectivity index is 1.87. The summed E-state index contributed by atoms with van der Waals surface area (Å²) in [5.41, 5.74) is 0. The fourth-order valence-electron chi connectivity index (χ4n) is 2.51. The van der Waals surface area contributed by atoms with Crippen molar-refractivity contribution in [2.75, 3.05) is 13.2 Å². The summed E-state index contributed by atoms with van der Waals surface area (Å²) in [4.78, 5) is 14.2. The molecule has 1 aliphatic heterocycles. The lowest BCUT2D eigenvalue weighted by Gasteiger charge is -2.35. The highest BCUT2D eigenvalue weighted by atomic mass is 127. The standard InChI is InChI=1S/C15H20INO2/c1-2-13-5-3-4-10-17(13)15(18)11-19-14-8-6-12(16)7-9-14/h6-9,13H,2-5,10-11H2,1H3. The van der Waals surface area contributed by atoms with Crippen molar-refractivity contribution in [1.82, 2.24) is 4.90 Å². The third-order valence-electron chi connectivity index (χ3n) is 3.59. The van der Waals surface area contributed by atoms with Gasteiger partial charge in [0.1, 0.15) is 5.75 Å². The molecular formula is C15H20INO2. The Morgan fingerprint density at radius 1 is 1.37 bits per heavy atom. The minimum atomic E-state index is 0.116. The van der Waals surface area contributed by atoms with E-state index >= 15 is 0 Å². The first kappa shape index (κ1) is 14.6. The number of nitrogens with zero attached hydrogens (tertiary/aromatic N) is 1. The number of carbonyl (C=O) groups is 1. The van der Waals surface area contributed by atoms with Crippen LogP contribution in [0.1, 0.15) is 32.6 Å². The lowest BCUT2D eigenvalue weighted by molar-refractivity contribution is -0.137. The zero-order valence-electron chi connectivity index (χ0n) is 11.3. The fourth-order valence-corrected chi connectivity index (χ4v) is 2.87. The molecule has 1 aromatic rings. The molecule has 0 N–H and O–H groups in total. The van der Waals surface area contributed by atoms with Crippen LogP contribution in [0.15, 0.2) is 24.3 Å². The monoisotopic (exact) mass is 373 g/mol. The van der Waals surface area contributed by atoms with Crippen molar-refractivity contribution < 1.29 is 9.53 Å². The minimum Gasteiger partial charge on any atom is -0.484 e. The van der Waals surface area contributed by atoms with Gasteiger partial charge in [-0.25, -0.2) is 0 Å². The highest BCUT2D eigenvalue weighted by Crippen LogP contribution is 2.20. The lowest BCUT2D eigenvalue weighted by Crippen LogP contribution is -2.45. The largest absolute Gasteiger partial charge is 0.484 e. The summed E-state index contributed by atoms with van der Waals surface area (Å²) < 4.78 is 6.74. The van der Waals surface area contributed by atoms with Gasteiger partial charge in [-0.3, -0.25) is 4.79 Å². The minimum absolute atomic E-state index is 0.116. The quantitative estimate of drug-likeness (QED) is 0.757. The van der Waals surface area contributed by atoms with Crippen molar-refractivity contribution >= 4 is 28.5 Å². The molecule has 1 heterocycles. The summed E-state index contributed by atoms with van der Waals surface area (Å²) in [5, 5.41) is 0. The molecule has 3 nitrogen and oxygen atoms in total. The highest BCUT2D eigenvalue weighted by Gasteiger charge is 2.25. The van der Waals surface area contributed by atoms with Gasteiger partial charge in [-0.2, -0.15) is 0 Å². The van der Waals surface area contributed by atoms with E-state index in [1.54, 1.807) is 0 Å². The van der Waals surface area contributed by atoms with Gasteiger partial charge in [-0.1, -0.05) is 6.92 Å². The van der Waals surface area contributed by atoms with Gasteiger partial charge in [0.05, 0.1) is 0 Å². The summed E-state index contributed by atoms with van der Waals surface area (Å²) in [6, 6.07) is 8.18. The van der Waals surface area contributed by atoms with E-state index in [1.165, 1.54) is 9.99 Å². The number of piperidine rings is 1. The number of likely N-dealkylation sites (tertiary alicyclic amines) is 1.